The molecule has 5 heteroatoms. The molecule has 0 saturated heterocycles. The summed E-state index contributed by atoms with van der Waals surface area (Å²) in [6.45, 7) is 2.16. The van der Waals surface area contributed by atoms with Gasteiger partial charge in [0.15, 0.2) is 5.82 Å². The number of hydrogen-bond acceptors (Lipinski definition) is 4. The lowest BCUT2D eigenvalue weighted by Gasteiger charge is -2.28. The number of hydrogen-bond donors (Lipinski definition) is 1. The normalized spacial score (nSPS) is 12.5. The van der Waals surface area contributed by atoms with Crippen molar-refractivity contribution in [2.45, 2.75) is 19.4 Å². The molecule has 0 spiro atoms. The average Bonchev–Trinajstić information content (AvgIpc) is 2.28. The second kappa shape index (κ2) is 6.21. The van der Waals surface area contributed by atoms with Gasteiger partial charge in [-0.1, -0.05) is 18.5 Å². The summed E-state index contributed by atoms with van der Waals surface area (Å²) in [5.74, 6) is 1.83. The van der Waals surface area contributed by atoms with Crippen molar-refractivity contribution in [2.75, 3.05) is 29.7 Å². The minimum Gasteiger partial charge on any atom is -0.396 e. The van der Waals surface area contributed by atoms with Gasteiger partial charge in [0, 0.05) is 18.8 Å². The Morgan fingerprint density at radius 2 is 2.25 bits per heavy atom. The summed E-state index contributed by atoms with van der Waals surface area (Å²) in [6.07, 6.45) is 3.16. The Labute approximate surface area is 106 Å². The zero-order valence-electron chi connectivity index (χ0n) is 9.90. The van der Waals surface area contributed by atoms with Gasteiger partial charge in [0.1, 0.15) is 5.15 Å². The molecule has 0 saturated carbocycles. The molecular weight excluding hydrogens is 242 g/mol. The highest BCUT2D eigenvalue weighted by Gasteiger charge is 2.16. The molecule has 1 aromatic heterocycles. The molecule has 1 aromatic rings. The van der Waals surface area contributed by atoms with Gasteiger partial charge in [-0.15, -0.1) is 0 Å². The van der Waals surface area contributed by atoms with Gasteiger partial charge in [-0.05, 0) is 24.8 Å². The van der Waals surface area contributed by atoms with Crippen molar-refractivity contribution in [1.29, 1.82) is 0 Å². The fraction of sp³-hybridized carbons (Fsp3) is 0.545. The predicted octanol–water partition coefficient (Wildman–Crippen LogP) is 2.90. The van der Waals surface area contributed by atoms with Crippen LogP contribution in [-0.2, 0) is 0 Å². The van der Waals surface area contributed by atoms with Crippen molar-refractivity contribution in [2.24, 2.45) is 0 Å². The van der Waals surface area contributed by atoms with Crippen LogP contribution in [0.15, 0.2) is 12.1 Å². The van der Waals surface area contributed by atoms with Gasteiger partial charge in [0.2, 0.25) is 0 Å². The zero-order chi connectivity index (χ0) is 12.1. The van der Waals surface area contributed by atoms with Crippen molar-refractivity contribution in [1.82, 2.24) is 4.98 Å². The largest absolute Gasteiger partial charge is 0.396 e. The number of nitrogens with two attached hydrogens (primary N) is 1. The quantitative estimate of drug-likeness (QED) is 0.826. The van der Waals surface area contributed by atoms with E-state index >= 15 is 0 Å². The Bertz CT molecular complexity index is 346. The number of nitrogen functional groups attached to an aromatic ring is 1. The van der Waals surface area contributed by atoms with E-state index in [1.807, 2.05) is 18.8 Å². The van der Waals surface area contributed by atoms with Gasteiger partial charge in [-0.2, -0.15) is 11.8 Å². The summed E-state index contributed by atoms with van der Waals surface area (Å²) in [4.78, 5) is 6.39. The molecule has 1 heterocycles. The SMILES string of the molecule is CCC(CSC)N(C)c1nc(Cl)ccc1N. The van der Waals surface area contributed by atoms with Crippen molar-refractivity contribution < 1.29 is 0 Å². The lowest BCUT2D eigenvalue weighted by atomic mass is 10.2. The first-order chi connectivity index (χ1) is 7.60. The first-order valence-electron chi connectivity index (χ1n) is 5.24. The standard InChI is InChI=1S/C11H18ClN3S/c1-4-8(7-16-3)15(2)11-9(13)5-6-10(12)14-11/h5-6,8H,4,7,13H2,1-3H3. The molecule has 16 heavy (non-hydrogen) atoms. The molecule has 1 unspecified atom stereocenters. The van der Waals surface area contributed by atoms with Crippen LogP contribution in [0.3, 0.4) is 0 Å². The van der Waals surface area contributed by atoms with Crippen LogP contribution < -0.4 is 10.6 Å². The molecule has 0 fully saturated rings. The minimum absolute atomic E-state index is 0.434. The Morgan fingerprint density at radius 3 is 2.81 bits per heavy atom. The maximum Gasteiger partial charge on any atom is 0.153 e. The van der Waals surface area contributed by atoms with E-state index in [1.54, 1.807) is 12.1 Å². The summed E-state index contributed by atoms with van der Waals surface area (Å²) < 4.78 is 0. The van der Waals surface area contributed by atoms with Crippen molar-refractivity contribution in [3.05, 3.63) is 17.3 Å². The van der Waals surface area contributed by atoms with E-state index in [0.717, 1.165) is 18.0 Å². The number of anilines is 2. The molecule has 0 aliphatic rings. The molecule has 0 aliphatic carbocycles. The molecule has 1 atom stereocenters. The highest BCUT2D eigenvalue weighted by molar-refractivity contribution is 7.98. The van der Waals surface area contributed by atoms with Crippen molar-refractivity contribution in [3.8, 4) is 0 Å². The smallest absolute Gasteiger partial charge is 0.153 e. The minimum atomic E-state index is 0.434. The first-order valence-corrected chi connectivity index (χ1v) is 7.01. The fourth-order valence-electron chi connectivity index (χ4n) is 1.59. The number of pyridine rings is 1. The Hall–Kier alpha value is -0.610. The number of rotatable bonds is 5. The first kappa shape index (κ1) is 13.5. The monoisotopic (exact) mass is 259 g/mol. The highest BCUT2D eigenvalue weighted by Crippen LogP contribution is 2.25. The van der Waals surface area contributed by atoms with E-state index in [-0.39, 0.29) is 0 Å². The molecule has 0 radical (unpaired) electrons. The van der Waals surface area contributed by atoms with Crippen LogP contribution in [-0.4, -0.2) is 30.1 Å². The summed E-state index contributed by atoms with van der Waals surface area (Å²) in [6, 6.07) is 3.94. The van der Waals surface area contributed by atoms with Crippen LogP contribution in [0.5, 0.6) is 0 Å². The van der Waals surface area contributed by atoms with Crippen molar-refractivity contribution >= 4 is 34.9 Å². The van der Waals surface area contributed by atoms with Crippen molar-refractivity contribution in [3.63, 3.8) is 0 Å². The second-order valence-corrected chi connectivity index (χ2v) is 4.97. The van der Waals surface area contributed by atoms with Crippen LogP contribution in [0.4, 0.5) is 11.5 Å². The molecule has 3 nitrogen and oxygen atoms in total. The van der Waals surface area contributed by atoms with Crippen LogP contribution in [0.2, 0.25) is 5.15 Å². The number of halogens is 1. The molecule has 0 aromatic carbocycles. The molecule has 2 N–H and O–H groups in total. The highest BCUT2D eigenvalue weighted by atomic mass is 35.5. The van der Waals surface area contributed by atoms with Gasteiger partial charge in [-0.3, -0.25) is 0 Å². The topological polar surface area (TPSA) is 42.2 Å². The van der Waals surface area contributed by atoms with E-state index in [0.29, 0.717) is 16.9 Å². The summed E-state index contributed by atoms with van der Waals surface area (Å²) in [7, 11) is 2.01. The second-order valence-electron chi connectivity index (χ2n) is 3.68. The molecule has 1 rings (SSSR count). The van der Waals surface area contributed by atoms with Crippen LogP contribution >= 0.6 is 23.4 Å². The Morgan fingerprint density at radius 1 is 1.56 bits per heavy atom. The third-order valence-electron chi connectivity index (χ3n) is 2.58. The van der Waals surface area contributed by atoms with Crippen LogP contribution in [0, 0.1) is 0 Å². The van der Waals surface area contributed by atoms with Gasteiger partial charge in [-0.25, -0.2) is 4.98 Å². The molecular formula is C11H18ClN3S. The van der Waals surface area contributed by atoms with Gasteiger partial charge in [0.05, 0.1) is 5.69 Å². The van der Waals surface area contributed by atoms with Crippen LogP contribution in [0.25, 0.3) is 0 Å². The van der Waals surface area contributed by atoms with Crippen LogP contribution in [0.1, 0.15) is 13.3 Å². The van der Waals surface area contributed by atoms with E-state index in [2.05, 4.69) is 23.1 Å². The molecule has 0 amide bonds. The molecule has 0 bridgehead atoms. The third kappa shape index (κ3) is 3.19. The lowest BCUT2D eigenvalue weighted by molar-refractivity contribution is 0.667. The predicted molar refractivity (Wildman–Crippen MR) is 74.5 cm³/mol. The third-order valence-corrected chi connectivity index (χ3v) is 3.51. The summed E-state index contributed by atoms with van der Waals surface area (Å²) >= 11 is 7.71. The summed E-state index contributed by atoms with van der Waals surface area (Å²) in [5, 5.41) is 0.482. The van der Waals surface area contributed by atoms with E-state index in [1.165, 1.54) is 0 Å². The molecule has 0 aliphatic heterocycles. The maximum atomic E-state index is 5.91. The molecule has 90 valence electrons. The number of nitrogens with zero attached hydrogens (tertiary/aromatic N) is 2. The van der Waals surface area contributed by atoms with Gasteiger partial charge in [0.25, 0.3) is 0 Å². The lowest BCUT2D eigenvalue weighted by Crippen LogP contribution is -2.34. The van der Waals surface area contributed by atoms with Gasteiger partial charge < -0.3 is 10.6 Å². The zero-order valence-corrected chi connectivity index (χ0v) is 11.5. The maximum absolute atomic E-state index is 5.91. The summed E-state index contributed by atoms with van der Waals surface area (Å²) in [5.41, 5.74) is 6.58. The number of aromatic nitrogens is 1. The van der Waals surface area contributed by atoms with E-state index in [9.17, 15) is 0 Å². The average molecular weight is 260 g/mol. The van der Waals surface area contributed by atoms with E-state index in [4.69, 9.17) is 17.3 Å². The van der Waals surface area contributed by atoms with E-state index < -0.39 is 0 Å². The fourth-order valence-corrected chi connectivity index (χ4v) is 2.57. The van der Waals surface area contributed by atoms with Gasteiger partial charge >= 0.3 is 0 Å². The Balaban J connectivity index is 2.93. The number of thioether (sulfide) groups is 1. The Kier molecular flexibility index (Phi) is 5.22.